The van der Waals surface area contributed by atoms with Crippen molar-refractivity contribution in [3.63, 3.8) is 0 Å². The predicted molar refractivity (Wildman–Crippen MR) is 108 cm³/mol. The van der Waals surface area contributed by atoms with Gasteiger partial charge >= 0.3 is 0 Å². The topological polar surface area (TPSA) is 111 Å². The molecule has 1 aromatic carbocycles. The maximum Gasteiger partial charge on any atom is 0.281 e. The van der Waals surface area contributed by atoms with Crippen molar-refractivity contribution < 1.29 is 10.2 Å². The maximum atomic E-state index is 12.8. The number of aromatic nitrogens is 1. The summed E-state index contributed by atoms with van der Waals surface area (Å²) in [6, 6.07) is 7.85. The van der Waals surface area contributed by atoms with Gasteiger partial charge in [0, 0.05) is 5.56 Å². The summed E-state index contributed by atoms with van der Waals surface area (Å²) in [6.45, 7) is 9.31. The number of pyridine rings is 1. The van der Waals surface area contributed by atoms with Gasteiger partial charge in [-0.3, -0.25) is 9.36 Å². The van der Waals surface area contributed by atoms with Crippen molar-refractivity contribution in [3.8, 4) is 11.9 Å². The molecule has 0 fully saturated rings. The summed E-state index contributed by atoms with van der Waals surface area (Å²) in [4.78, 5) is 12.8. The Bertz CT molecular complexity index is 972. The molecular weight excluding hydrogens is 356 g/mol. The molecule has 148 valence electrons. The smallest absolute Gasteiger partial charge is 0.281 e. The second-order valence-corrected chi connectivity index (χ2v) is 7.26. The highest BCUT2D eigenvalue weighted by Crippen LogP contribution is 2.36. The first-order chi connectivity index (χ1) is 13.2. The molecule has 28 heavy (non-hydrogen) atoms. The van der Waals surface area contributed by atoms with Crippen LogP contribution in [0.2, 0.25) is 0 Å². The minimum absolute atomic E-state index is 0.0175. The monoisotopic (exact) mass is 382 g/mol. The number of aromatic hydroxyl groups is 1. The molecule has 7 heteroatoms. The van der Waals surface area contributed by atoms with Gasteiger partial charge in [0.25, 0.3) is 5.56 Å². The highest BCUT2D eigenvalue weighted by Gasteiger charge is 2.19. The number of aliphatic hydroxyl groups excluding tert-OH is 1. The van der Waals surface area contributed by atoms with E-state index in [0.717, 1.165) is 15.7 Å². The van der Waals surface area contributed by atoms with Crippen LogP contribution in [0.1, 0.15) is 61.8 Å². The second kappa shape index (κ2) is 8.81. The molecule has 0 bridgehead atoms. The molecule has 1 aromatic heterocycles. The molecule has 0 spiro atoms. The van der Waals surface area contributed by atoms with Crippen LogP contribution >= 0.6 is 0 Å². The largest absolute Gasteiger partial charge is 0.493 e. The first-order valence-corrected chi connectivity index (χ1v) is 9.26. The van der Waals surface area contributed by atoms with E-state index in [1.54, 1.807) is 6.92 Å². The number of azo groups is 1. The Labute approximate surface area is 164 Å². The number of aliphatic hydroxyl groups is 1. The molecule has 7 nitrogen and oxygen atoms in total. The lowest BCUT2D eigenvalue weighted by atomic mass is 9.93. The van der Waals surface area contributed by atoms with Gasteiger partial charge in [0.05, 0.1) is 18.8 Å². The molecule has 1 heterocycles. The van der Waals surface area contributed by atoms with Crippen molar-refractivity contribution in [1.29, 1.82) is 5.26 Å². The zero-order valence-corrected chi connectivity index (χ0v) is 16.9. The van der Waals surface area contributed by atoms with Gasteiger partial charge in [0.1, 0.15) is 11.6 Å². The number of benzene rings is 1. The van der Waals surface area contributed by atoms with Crippen LogP contribution in [0.25, 0.3) is 0 Å². The summed E-state index contributed by atoms with van der Waals surface area (Å²) in [5.74, 6) is -0.0352. The van der Waals surface area contributed by atoms with Gasteiger partial charge in [-0.05, 0) is 29.9 Å². The van der Waals surface area contributed by atoms with E-state index in [4.69, 9.17) is 0 Å². The average Bonchev–Trinajstić information content (AvgIpc) is 2.65. The summed E-state index contributed by atoms with van der Waals surface area (Å²) in [5, 5.41) is 37.3. The number of hydrogen-bond acceptors (Lipinski definition) is 6. The van der Waals surface area contributed by atoms with Crippen LogP contribution in [-0.2, 0) is 6.54 Å². The van der Waals surface area contributed by atoms with E-state index in [9.17, 15) is 20.3 Å². The van der Waals surface area contributed by atoms with E-state index in [2.05, 4.69) is 37.9 Å². The van der Waals surface area contributed by atoms with Crippen LogP contribution in [0.5, 0.6) is 5.88 Å². The van der Waals surface area contributed by atoms with Crippen molar-refractivity contribution in [2.24, 2.45) is 10.2 Å². The summed E-state index contributed by atoms with van der Waals surface area (Å²) in [5.41, 5.74) is 2.34. The molecule has 2 N–H and O–H groups in total. The Balaban J connectivity index is 2.74. The molecule has 0 aliphatic rings. The second-order valence-electron chi connectivity index (χ2n) is 7.26. The minimum atomic E-state index is -0.597. The van der Waals surface area contributed by atoms with Crippen LogP contribution in [0.3, 0.4) is 0 Å². The fourth-order valence-electron chi connectivity index (χ4n) is 3.09. The van der Waals surface area contributed by atoms with Crippen LogP contribution in [-0.4, -0.2) is 21.4 Å². The zero-order valence-electron chi connectivity index (χ0n) is 16.9. The summed E-state index contributed by atoms with van der Waals surface area (Å²) in [6.07, 6.45) is 0. The SMILES string of the molecule is Cc1c(C#N)c(O)n(CCO)c(=O)c1N=Nc1c(C(C)C)cccc1C(C)C. The fourth-order valence-corrected chi connectivity index (χ4v) is 3.09. The third-order valence-corrected chi connectivity index (χ3v) is 4.69. The lowest BCUT2D eigenvalue weighted by molar-refractivity contribution is 0.263. The third-order valence-electron chi connectivity index (χ3n) is 4.69. The van der Waals surface area contributed by atoms with Gasteiger partial charge in [-0.15, -0.1) is 10.2 Å². The average molecular weight is 382 g/mol. The number of nitrogens with zero attached hydrogens (tertiary/aromatic N) is 4. The van der Waals surface area contributed by atoms with Crippen molar-refractivity contribution in [1.82, 2.24) is 4.57 Å². The number of hydrogen-bond donors (Lipinski definition) is 2. The highest BCUT2D eigenvalue weighted by molar-refractivity contribution is 5.58. The van der Waals surface area contributed by atoms with Crippen molar-refractivity contribution in [3.05, 3.63) is 50.8 Å². The summed E-state index contributed by atoms with van der Waals surface area (Å²) in [7, 11) is 0. The highest BCUT2D eigenvalue weighted by atomic mass is 16.3. The van der Waals surface area contributed by atoms with Crippen LogP contribution in [0.4, 0.5) is 11.4 Å². The van der Waals surface area contributed by atoms with Gasteiger partial charge in [0.15, 0.2) is 5.69 Å². The van der Waals surface area contributed by atoms with Gasteiger partial charge in [-0.1, -0.05) is 45.9 Å². The number of rotatable bonds is 6. The standard InChI is InChI=1S/C21H26N4O3/c1-12(2)15-7-6-8-16(13(3)4)19(15)24-23-18-14(5)17(11-22)20(27)25(9-10-26)21(18)28/h6-8,12-13,26-27H,9-10H2,1-5H3. The Morgan fingerprint density at radius 3 is 2.11 bits per heavy atom. The van der Waals surface area contributed by atoms with E-state index < -0.39 is 11.4 Å². The normalized spacial score (nSPS) is 11.5. The third kappa shape index (κ3) is 3.97. The van der Waals surface area contributed by atoms with Crippen molar-refractivity contribution in [2.45, 2.75) is 53.0 Å². The van der Waals surface area contributed by atoms with E-state index in [1.165, 1.54) is 0 Å². The lowest BCUT2D eigenvalue weighted by Gasteiger charge is -2.16. The van der Waals surface area contributed by atoms with Gasteiger partial charge in [0.2, 0.25) is 5.88 Å². The fraction of sp³-hybridized carbons (Fsp3) is 0.429. The van der Waals surface area contributed by atoms with E-state index in [-0.39, 0.29) is 41.8 Å². The molecule has 0 radical (unpaired) electrons. The van der Waals surface area contributed by atoms with E-state index in [1.807, 2.05) is 24.3 Å². The molecule has 2 rings (SSSR count). The van der Waals surface area contributed by atoms with Crippen LogP contribution in [0.15, 0.2) is 33.2 Å². The molecule has 0 saturated carbocycles. The quantitative estimate of drug-likeness (QED) is 0.722. The summed E-state index contributed by atoms with van der Waals surface area (Å²) < 4.78 is 0.942. The van der Waals surface area contributed by atoms with Crippen LogP contribution < -0.4 is 5.56 Å². The van der Waals surface area contributed by atoms with Crippen molar-refractivity contribution >= 4 is 11.4 Å². The molecule has 0 aliphatic carbocycles. The van der Waals surface area contributed by atoms with E-state index >= 15 is 0 Å². The zero-order chi connectivity index (χ0) is 21.0. The lowest BCUT2D eigenvalue weighted by Crippen LogP contribution is -2.23. The summed E-state index contributed by atoms with van der Waals surface area (Å²) >= 11 is 0. The molecule has 0 atom stereocenters. The number of nitriles is 1. The first kappa shape index (κ1) is 21.3. The minimum Gasteiger partial charge on any atom is -0.493 e. The Kier molecular flexibility index (Phi) is 6.71. The Morgan fingerprint density at radius 1 is 1.11 bits per heavy atom. The van der Waals surface area contributed by atoms with Crippen molar-refractivity contribution in [2.75, 3.05) is 6.61 Å². The molecule has 0 saturated heterocycles. The molecule has 0 aliphatic heterocycles. The Hall–Kier alpha value is -2.98. The molecule has 2 aromatic rings. The maximum absolute atomic E-state index is 12.8. The van der Waals surface area contributed by atoms with E-state index in [0.29, 0.717) is 5.69 Å². The molecular formula is C21H26N4O3. The molecule has 0 unspecified atom stereocenters. The van der Waals surface area contributed by atoms with Gasteiger partial charge in [-0.2, -0.15) is 5.26 Å². The first-order valence-electron chi connectivity index (χ1n) is 9.26. The van der Waals surface area contributed by atoms with Gasteiger partial charge in [-0.25, -0.2) is 0 Å². The Morgan fingerprint density at radius 2 is 1.64 bits per heavy atom. The van der Waals surface area contributed by atoms with Gasteiger partial charge < -0.3 is 10.2 Å². The predicted octanol–water partition coefficient (Wildman–Crippen LogP) is 4.39. The molecule has 0 amide bonds. The van der Waals surface area contributed by atoms with Crippen LogP contribution in [0, 0.1) is 18.3 Å².